The molecule has 0 aliphatic carbocycles. The largest absolute Gasteiger partial charge is 0.247 e. The van der Waals surface area contributed by atoms with Crippen LogP contribution in [-0.4, -0.2) is 30.6 Å². The third-order valence-corrected chi connectivity index (χ3v) is 3.22. The minimum atomic E-state index is 0.533. The van der Waals surface area contributed by atoms with Gasteiger partial charge in [-0.25, -0.2) is 8.61 Å². The molecule has 1 rings (SSSR count). The molecule has 1 atom stereocenters. The van der Waals surface area contributed by atoms with E-state index in [-0.39, 0.29) is 0 Å². The second-order valence-corrected chi connectivity index (χ2v) is 4.84. The molecule has 1 aliphatic heterocycles. The fraction of sp³-hybridized carbons (Fsp3) is 0.556. The summed E-state index contributed by atoms with van der Waals surface area (Å²) in [6.45, 7) is 3.16. The van der Waals surface area contributed by atoms with Crippen LogP contribution in [0.2, 0.25) is 0 Å². The number of rotatable bonds is 0. The minimum absolute atomic E-state index is 0.533. The molecule has 0 aromatic heterocycles. The van der Waals surface area contributed by atoms with Crippen molar-refractivity contribution in [3.8, 4) is 0 Å². The van der Waals surface area contributed by atoms with E-state index < -0.39 is 0 Å². The van der Waals surface area contributed by atoms with Crippen LogP contribution in [-0.2, 0) is 0 Å². The molecule has 0 fully saturated rings. The average Bonchev–Trinajstić information content (AvgIpc) is 2.06. The van der Waals surface area contributed by atoms with Crippen molar-refractivity contribution < 1.29 is 3.89 Å². The summed E-state index contributed by atoms with van der Waals surface area (Å²) >= 11 is 1.76. The molecule has 12 heavy (non-hydrogen) atoms. The standard InChI is InChI=1S/C9H17N2S/c1-9-7-5-4-6-8-10-12-11(9,2)3/h4-7,9-10H,8H2,1-3H3/q+1. The molecule has 2 nitrogen and oxygen atoms in total. The Morgan fingerprint density at radius 3 is 2.92 bits per heavy atom. The summed E-state index contributed by atoms with van der Waals surface area (Å²) in [7, 11) is 4.41. The van der Waals surface area contributed by atoms with Crippen LogP contribution in [0.15, 0.2) is 24.3 Å². The van der Waals surface area contributed by atoms with Crippen LogP contribution < -0.4 is 4.72 Å². The van der Waals surface area contributed by atoms with Gasteiger partial charge in [-0.2, -0.15) is 0 Å². The number of likely N-dealkylation sites (N-methyl/N-ethyl adjacent to an activating group) is 1. The Labute approximate surface area is 79.2 Å². The quantitative estimate of drug-likeness (QED) is 0.455. The molecule has 0 spiro atoms. The summed E-state index contributed by atoms with van der Waals surface area (Å²) < 4.78 is 4.22. The van der Waals surface area contributed by atoms with E-state index in [2.05, 4.69) is 50.0 Å². The summed E-state index contributed by atoms with van der Waals surface area (Å²) in [5.74, 6) is 0. The van der Waals surface area contributed by atoms with Crippen molar-refractivity contribution in [2.24, 2.45) is 0 Å². The van der Waals surface area contributed by atoms with Gasteiger partial charge in [0.1, 0.15) is 6.04 Å². The lowest BCUT2D eigenvalue weighted by Gasteiger charge is -2.30. The molecular formula is C9H17N2S+. The van der Waals surface area contributed by atoms with Gasteiger partial charge >= 0.3 is 0 Å². The van der Waals surface area contributed by atoms with E-state index >= 15 is 0 Å². The van der Waals surface area contributed by atoms with Gasteiger partial charge in [-0.3, -0.25) is 0 Å². The smallest absolute Gasteiger partial charge is 0.166 e. The van der Waals surface area contributed by atoms with E-state index in [4.69, 9.17) is 0 Å². The number of nitrogens with zero attached hydrogens (tertiary/aromatic N) is 1. The normalized spacial score (nSPS) is 29.1. The maximum atomic E-state index is 3.31. The molecule has 1 aliphatic rings. The molecule has 0 aromatic rings. The summed E-state index contributed by atoms with van der Waals surface area (Å²) in [6.07, 6.45) is 8.58. The van der Waals surface area contributed by atoms with Crippen molar-refractivity contribution >= 4 is 12.1 Å². The molecule has 0 saturated carbocycles. The third kappa shape index (κ3) is 2.66. The molecule has 0 radical (unpaired) electrons. The minimum Gasteiger partial charge on any atom is -0.247 e. The number of allylic oxidation sites excluding steroid dienone is 2. The Hall–Kier alpha value is -0.250. The van der Waals surface area contributed by atoms with Gasteiger partial charge in [-0.15, -0.1) is 0 Å². The molecule has 1 heterocycles. The van der Waals surface area contributed by atoms with Gasteiger partial charge in [0.2, 0.25) is 0 Å². The predicted molar refractivity (Wildman–Crippen MR) is 55.4 cm³/mol. The summed E-state index contributed by atoms with van der Waals surface area (Å²) in [6, 6.07) is 0.533. The van der Waals surface area contributed by atoms with E-state index in [0.29, 0.717) is 6.04 Å². The molecule has 1 N–H and O–H groups in total. The van der Waals surface area contributed by atoms with Crippen LogP contribution in [0.5, 0.6) is 0 Å². The van der Waals surface area contributed by atoms with E-state index in [0.717, 1.165) is 10.4 Å². The number of hydrogen-bond donors (Lipinski definition) is 1. The van der Waals surface area contributed by atoms with E-state index in [9.17, 15) is 0 Å². The zero-order chi connectivity index (χ0) is 9.03. The first-order valence-corrected chi connectivity index (χ1v) is 4.99. The Bertz CT molecular complexity index is 197. The topological polar surface area (TPSA) is 12.0 Å². The van der Waals surface area contributed by atoms with Gasteiger partial charge in [-0.05, 0) is 13.0 Å². The Morgan fingerprint density at radius 2 is 2.17 bits per heavy atom. The molecule has 1 unspecified atom stereocenters. The van der Waals surface area contributed by atoms with Crippen LogP contribution in [0.1, 0.15) is 6.92 Å². The number of nitrogens with one attached hydrogen (secondary N) is 1. The Kier molecular flexibility index (Phi) is 3.38. The molecule has 0 amide bonds. The molecule has 0 saturated heterocycles. The zero-order valence-corrected chi connectivity index (χ0v) is 8.77. The average molecular weight is 185 g/mol. The summed E-state index contributed by atoms with van der Waals surface area (Å²) in [4.78, 5) is 0. The Balaban J connectivity index is 2.68. The fourth-order valence-corrected chi connectivity index (χ4v) is 1.65. The summed E-state index contributed by atoms with van der Waals surface area (Å²) in [5, 5.41) is 0. The van der Waals surface area contributed by atoms with Gasteiger partial charge in [0.15, 0.2) is 12.1 Å². The van der Waals surface area contributed by atoms with Crippen molar-refractivity contribution in [1.82, 2.24) is 4.72 Å². The second-order valence-electron chi connectivity index (χ2n) is 3.43. The highest BCUT2D eigenvalue weighted by atomic mass is 32.2. The predicted octanol–water partition coefficient (Wildman–Crippen LogP) is 1.73. The van der Waals surface area contributed by atoms with Crippen molar-refractivity contribution in [1.29, 1.82) is 0 Å². The first-order chi connectivity index (χ1) is 5.63. The van der Waals surface area contributed by atoms with Gasteiger partial charge in [0, 0.05) is 6.54 Å². The van der Waals surface area contributed by atoms with Crippen LogP contribution in [0, 0.1) is 0 Å². The zero-order valence-electron chi connectivity index (χ0n) is 7.95. The lowest BCUT2D eigenvalue weighted by molar-refractivity contribution is -0.770. The number of quaternary nitrogens is 1. The van der Waals surface area contributed by atoms with Crippen molar-refractivity contribution in [3.63, 3.8) is 0 Å². The Morgan fingerprint density at radius 1 is 1.42 bits per heavy atom. The molecule has 68 valence electrons. The number of hydrogen-bond acceptors (Lipinski definition) is 2. The molecule has 0 bridgehead atoms. The van der Waals surface area contributed by atoms with Gasteiger partial charge in [0.25, 0.3) is 0 Å². The van der Waals surface area contributed by atoms with Crippen LogP contribution in [0.4, 0.5) is 0 Å². The van der Waals surface area contributed by atoms with Crippen molar-refractivity contribution in [3.05, 3.63) is 24.3 Å². The van der Waals surface area contributed by atoms with E-state index in [1.807, 2.05) is 0 Å². The monoisotopic (exact) mass is 185 g/mol. The fourth-order valence-electron chi connectivity index (χ4n) is 0.914. The van der Waals surface area contributed by atoms with Crippen LogP contribution in [0.25, 0.3) is 0 Å². The SMILES string of the molecule is CC1C=CC=CCNS[N+]1(C)C. The molecule has 3 heteroatoms. The van der Waals surface area contributed by atoms with Crippen molar-refractivity contribution in [2.45, 2.75) is 13.0 Å². The van der Waals surface area contributed by atoms with Crippen molar-refractivity contribution in [2.75, 3.05) is 20.6 Å². The van der Waals surface area contributed by atoms with Crippen LogP contribution in [0.3, 0.4) is 0 Å². The first kappa shape index (κ1) is 9.84. The van der Waals surface area contributed by atoms with Gasteiger partial charge < -0.3 is 0 Å². The van der Waals surface area contributed by atoms with Crippen LogP contribution >= 0.6 is 12.1 Å². The van der Waals surface area contributed by atoms with Gasteiger partial charge in [-0.1, -0.05) is 18.2 Å². The first-order valence-electron chi connectivity index (χ1n) is 4.21. The lowest BCUT2D eigenvalue weighted by atomic mass is 10.3. The van der Waals surface area contributed by atoms with Gasteiger partial charge in [0.05, 0.1) is 14.1 Å². The lowest BCUT2D eigenvalue weighted by Crippen LogP contribution is -2.41. The van der Waals surface area contributed by atoms with E-state index in [1.54, 1.807) is 12.1 Å². The third-order valence-electron chi connectivity index (χ3n) is 2.12. The second kappa shape index (κ2) is 4.12. The molecular weight excluding hydrogens is 168 g/mol. The highest BCUT2D eigenvalue weighted by Gasteiger charge is 2.23. The summed E-state index contributed by atoms with van der Waals surface area (Å²) in [5.41, 5.74) is 0. The maximum Gasteiger partial charge on any atom is 0.166 e. The maximum absolute atomic E-state index is 3.31. The highest BCUT2D eigenvalue weighted by molar-refractivity contribution is 7.91. The molecule has 0 aromatic carbocycles. The van der Waals surface area contributed by atoms with E-state index in [1.165, 1.54) is 0 Å². The highest BCUT2D eigenvalue weighted by Crippen LogP contribution is 2.19.